The van der Waals surface area contributed by atoms with E-state index in [2.05, 4.69) is 25.4 Å². The Kier molecular flexibility index (Phi) is 15.5. The van der Waals surface area contributed by atoms with E-state index in [1.54, 1.807) is 0 Å². The molecule has 1 heterocycles. The van der Waals surface area contributed by atoms with Gasteiger partial charge < -0.3 is 24.2 Å². The van der Waals surface area contributed by atoms with Crippen LogP contribution in [0.25, 0.3) is 0 Å². The summed E-state index contributed by atoms with van der Waals surface area (Å²) in [5.74, 6) is 0. The van der Waals surface area contributed by atoms with Crippen LogP contribution < -0.4 is 0 Å². The van der Waals surface area contributed by atoms with Gasteiger partial charge in [-0.05, 0) is 58.8 Å². The van der Waals surface area contributed by atoms with E-state index in [4.69, 9.17) is 9.47 Å². The van der Waals surface area contributed by atoms with Gasteiger partial charge in [-0.1, -0.05) is 43.6 Å². The molecule has 1 aliphatic rings. The Morgan fingerprint density at radius 1 is 0.646 bits per heavy atom. The van der Waals surface area contributed by atoms with Crippen LogP contribution in [0.3, 0.4) is 0 Å². The van der Waals surface area contributed by atoms with Crippen LogP contribution in [0.4, 0.5) is 52.7 Å². The van der Waals surface area contributed by atoms with E-state index < -0.39 is 77.6 Å². The first-order chi connectivity index (χ1) is 21.7. The molecule has 0 atom stereocenters. The summed E-state index contributed by atoms with van der Waals surface area (Å²) in [6.07, 6.45) is -20.9. The summed E-state index contributed by atoms with van der Waals surface area (Å²) in [6, 6.07) is 0. The predicted molar refractivity (Wildman–Crippen MR) is 154 cm³/mol. The molecular formula is C29H46BrF12NO5. The van der Waals surface area contributed by atoms with Gasteiger partial charge >= 0.3 is 24.7 Å². The van der Waals surface area contributed by atoms with Gasteiger partial charge in [0, 0.05) is 29.6 Å². The molecule has 1 fully saturated rings. The smallest absolute Gasteiger partial charge is 0.381 e. The van der Waals surface area contributed by atoms with Gasteiger partial charge in [0.2, 0.25) is 0 Å². The second-order valence-electron chi connectivity index (χ2n) is 12.8. The van der Waals surface area contributed by atoms with E-state index in [9.17, 15) is 57.9 Å². The van der Waals surface area contributed by atoms with Crippen molar-refractivity contribution in [2.24, 2.45) is 5.41 Å². The average Bonchev–Trinajstić information content (AvgIpc) is 2.98. The molecule has 0 aromatic heterocycles. The third-order valence-electron chi connectivity index (χ3n) is 9.72. The molecule has 6 nitrogen and oxygen atoms in total. The summed E-state index contributed by atoms with van der Waals surface area (Å²) in [6.45, 7) is 2.62. The summed E-state index contributed by atoms with van der Waals surface area (Å²) in [4.78, 5) is 0. The summed E-state index contributed by atoms with van der Waals surface area (Å²) < 4.78 is 182. The van der Waals surface area contributed by atoms with Crippen molar-refractivity contribution >= 4 is 15.9 Å². The average molecular weight is 797 g/mol. The standard InChI is InChI=1S/C29H46BrF12NO5/c1-7-24(8-2)14-20(15-25(9-3,10-4)43(24)44)46-13-11-12-45-17-23(16-30,18-47-21(5,26(31,32)33)27(34,35)36)19-48-22(6,28(37,38)39)29(40,41)42/h20,44H,7-19H2,1-6H3. The third-order valence-corrected chi connectivity index (χ3v) is 10.9. The molecule has 0 aromatic carbocycles. The highest BCUT2D eigenvalue weighted by atomic mass is 79.9. The van der Waals surface area contributed by atoms with E-state index in [1.807, 2.05) is 27.7 Å². The number of ether oxygens (including phenoxy) is 4. The zero-order chi connectivity index (χ0) is 37.7. The molecule has 0 amide bonds. The van der Waals surface area contributed by atoms with Crippen molar-refractivity contribution in [2.45, 2.75) is 140 Å². The SMILES string of the molecule is CCC1(CC)CC(OCCCOCC(CBr)(COC(C)(C(F)(F)F)C(F)(F)F)COC(C)(C(F)(F)F)C(F)(F)F)CC(CC)(CC)N1O. The molecule has 0 unspecified atom stereocenters. The fraction of sp³-hybridized carbons (Fsp3) is 1.00. The summed E-state index contributed by atoms with van der Waals surface area (Å²) >= 11 is 2.78. The van der Waals surface area contributed by atoms with Gasteiger partial charge in [0.15, 0.2) is 0 Å². The first-order valence-electron chi connectivity index (χ1n) is 15.5. The molecule has 0 spiro atoms. The Morgan fingerprint density at radius 2 is 1.00 bits per heavy atom. The second-order valence-corrected chi connectivity index (χ2v) is 13.3. The molecule has 0 bridgehead atoms. The molecule has 19 heteroatoms. The lowest BCUT2D eigenvalue weighted by Crippen LogP contribution is -2.64. The van der Waals surface area contributed by atoms with Gasteiger partial charge in [0.25, 0.3) is 11.2 Å². The number of piperidine rings is 1. The summed E-state index contributed by atoms with van der Waals surface area (Å²) in [5, 5.41) is 11.8. The van der Waals surface area contributed by atoms with Crippen LogP contribution in [0.5, 0.6) is 0 Å². The molecule has 0 aliphatic carbocycles. The minimum absolute atomic E-state index is 0.0534. The van der Waals surface area contributed by atoms with Crippen LogP contribution in [0.1, 0.15) is 86.5 Å². The third kappa shape index (κ3) is 9.63. The first-order valence-corrected chi connectivity index (χ1v) is 16.6. The Bertz CT molecular complexity index is 890. The Morgan fingerprint density at radius 3 is 1.29 bits per heavy atom. The van der Waals surface area contributed by atoms with Crippen molar-refractivity contribution in [2.75, 3.05) is 38.4 Å². The maximum absolute atomic E-state index is 13.5. The normalized spacial score (nSPS) is 19.2. The number of halogens is 13. The molecule has 0 saturated carbocycles. The second kappa shape index (κ2) is 16.4. The Labute approximate surface area is 281 Å². The highest BCUT2D eigenvalue weighted by molar-refractivity contribution is 9.09. The van der Waals surface area contributed by atoms with E-state index in [-0.39, 0.29) is 39.6 Å². The monoisotopic (exact) mass is 795 g/mol. The van der Waals surface area contributed by atoms with E-state index in [0.29, 0.717) is 38.5 Å². The minimum Gasteiger partial charge on any atom is -0.381 e. The lowest BCUT2D eigenvalue weighted by atomic mass is 9.72. The van der Waals surface area contributed by atoms with Crippen molar-refractivity contribution in [1.82, 2.24) is 5.06 Å². The fourth-order valence-electron chi connectivity index (χ4n) is 5.57. The summed E-state index contributed by atoms with van der Waals surface area (Å²) in [7, 11) is 0. The lowest BCUT2D eigenvalue weighted by molar-refractivity contribution is -0.388. The molecule has 0 radical (unpaired) electrons. The molecule has 288 valence electrons. The maximum Gasteiger partial charge on any atom is 0.426 e. The lowest BCUT2D eigenvalue weighted by Gasteiger charge is -2.56. The quantitative estimate of drug-likeness (QED) is 0.0848. The molecule has 1 saturated heterocycles. The molecule has 1 N–H and O–H groups in total. The summed E-state index contributed by atoms with van der Waals surface area (Å²) in [5.41, 5.74) is -13.1. The molecule has 1 aliphatic heterocycles. The van der Waals surface area contributed by atoms with Gasteiger partial charge in [-0.25, -0.2) is 0 Å². The van der Waals surface area contributed by atoms with Gasteiger partial charge in [-0.2, -0.15) is 57.7 Å². The number of hydrogen-bond donors (Lipinski definition) is 1. The molecule has 0 aromatic rings. The Balaban J connectivity index is 3.15. The number of hydroxylamine groups is 2. The highest BCUT2D eigenvalue weighted by Gasteiger charge is 2.71. The predicted octanol–water partition coefficient (Wildman–Crippen LogP) is 9.56. The molecular weight excluding hydrogens is 750 g/mol. The molecule has 1 rings (SSSR count). The van der Waals surface area contributed by atoms with Crippen molar-refractivity contribution in [3.8, 4) is 0 Å². The largest absolute Gasteiger partial charge is 0.426 e. The van der Waals surface area contributed by atoms with Gasteiger partial charge in [-0.3, -0.25) is 0 Å². The van der Waals surface area contributed by atoms with Gasteiger partial charge in [-0.15, -0.1) is 0 Å². The van der Waals surface area contributed by atoms with E-state index >= 15 is 0 Å². The number of hydrogen-bond acceptors (Lipinski definition) is 6. The van der Waals surface area contributed by atoms with Gasteiger partial charge in [0.05, 0.1) is 31.3 Å². The van der Waals surface area contributed by atoms with Crippen LogP contribution in [-0.2, 0) is 18.9 Å². The van der Waals surface area contributed by atoms with Crippen LogP contribution in [0.15, 0.2) is 0 Å². The first kappa shape index (κ1) is 45.4. The molecule has 48 heavy (non-hydrogen) atoms. The number of alkyl halides is 13. The van der Waals surface area contributed by atoms with Crippen LogP contribution in [0.2, 0.25) is 0 Å². The van der Waals surface area contributed by atoms with E-state index in [1.165, 1.54) is 5.06 Å². The van der Waals surface area contributed by atoms with Gasteiger partial charge in [0.1, 0.15) is 0 Å². The number of rotatable bonds is 18. The zero-order valence-electron chi connectivity index (χ0n) is 27.7. The van der Waals surface area contributed by atoms with Crippen LogP contribution in [-0.4, -0.2) is 102 Å². The van der Waals surface area contributed by atoms with Crippen molar-refractivity contribution in [1.29, 1.82) is 0 Å². The Hall–Kier alpha value is -0.600. The minimum atomic E-state index is -6.05. The topological polar surface area (TPSA) is 60.4 Å². The van der Waals surface area contributed by atoms with Crippen molar-refractivity contribution in [3.05, 3.63) is 0 Å². The van der Waals surface area contributed by atoms with Crippen LogP contribution in [0, 0.1) is 5.41 Å². The van der Waals surface area contributed by atoms with Crippen molar-refractivity contribution < 1.29 is 76.8 Å². The van der Waals surface area contributed by atoms with E-state index in [0.717, 1.165) is 0 Å². The highest BCUT2D eigenvalue weighted by Crippen LogP contribution is 2.49. The van der Waals surface area contributed by atoms with Crippen molar-refractivity contribution in [3.63, 3.8) is 0 Å². The number of nitrogens with zero attached hydrogens (tertiary/aromatic N) is 1. The zero-order valence-corrected chi connectivity index (χ0v) is 29.3. The maximum atomic E-state index is 13.5. The van der Waals surface area contributed by atoms with Crippen LogP contribution >= 0.6 is 15.9 Å². The fourth-order valence-corrected chi connectivity index (χ4v) is 6.06.